The van der Waals surface area contributed by atoms with E-state index < -0.39 is 0 Å². The van der Waals surface area contributed by atoms with Crippen molar-refractivity contribution < 1.29 is 13.9 Å². The van der Waals surface area contributed by atoms with Gasteiger partial charge in [-0.15, -0.1) is 0 Å². The van der Waals surface area contributed by atoms with Crippen molar-refractivity contribution in [3.8, 4) is 5.75 Å². The molecule has 2 aromatic carbocycles. The Morgan fingerprint density at radius 1 is 1.20 bits per heavy atom. The molecule has 0 aliphatic rings. The minimum Gasteiger partial charge on any atom is -0.483 e. The van der Waals surface area contributed by atoms with E-state index in [1.54, 1.807) is 0 Å². The molecule has 0 radical (unpaired) electrons. The maximum absolute atomic E-state index is 12.9. The van der Waals surface area contributed by atoms with Gasteiger partial charge in [0.2, 0.25) is 0 Å². The lowest BCUT2D eigenvalue weighted by Gasteiger charge is -2.09. The van der Waals surface area contributed by atoms with E-state index in [-0.39, 0.29) is 18.3 Å². The number of amides is 1. The molecule has 0 saturated heterocycles. The van der Waals surface area contributed by atoms with Crippen LogP contribution >= 0.6 is 15.9 Å². The molecular weight excluding hydrogens is 325 g/mol. The van der Waals surface area contributed by atoms with Crippen LogP contribution in [-0.2, 0) is 11.3 Å². The third kappa shape index (κ3) is 4.35. The third-order valence-corrected chi connectivity index (χ3v) is 3.20. The molecule has 1 N–H and O–H groups in total. The van der Waals surface area contributed by atoms with Crippen molar-refractivity contribution in [1.29, 1.82) is 0 Å². The Morgan fingerprint density at radius 3 is 2.65 bits per heavy atom. The third-order valence-electron chi connectivity index (χ3n) is 2.59. The fraction of sp³-hybridized carbons (Fsp3) is 0.133. The van der Waals surface area contributed by atoms with E-state index in [0.717, 1.165) is 5.56 Å². The highest BCUT2D eigenvalue weighted by Crippen LogP contribution is 2.25. The molecule has 0 aliphatic carbocycles. The fourth-order valence-corrected chi connectivity index (χ4v) is 2.05. The average molecular weight is 338 g/mol. The summed E-state index contributed by atoms with van der Waals surface area (Å²) in [6.45, 7) is 0.338. The van der Waals surface area contributed by atoms with Crippen LogP contribution in [0.15, 0.2) is 53.0 Å². The Morgan fingerprint density at radius 2 is 1.95 bits per heavy atom. The highest BCUT2D eigenvalue weighted by molar-refractivity contribution is 9.10. The zero-order valence-corrected chi connectivity index (χ0v) is 12.2. The summed E-state index contributed by atoms with van der Waals surface area (Å²) in [5.74, 6) is -0.163. The van der Waals surface area contributed by atoms with Gasteiger partial charge in [-0.3, -0.25) is 4.79 Å². The molecule has 0 fully saturated rings. The van der Waals surface area contributed by atoms with Gasteiger partial charge in [0, 0.05) is 6.54 Å². The molecule has 0 spiro atoms. The number of carbonyl (C=O) groups is 1. The summed E-state index contributed by atoms with van der Waals surface area (Å²) in [6, 6.07) is 13.6. The molecule has 0 saturated carbocycles. The normalized spacial score (nSPS) is 10.1. The second kappa shape index (κ2) is 7.05. The topological polar surface area (TPSA) is 38.3 Å². The second-order valence-corrected chi connectivity index (χ2v) is 4.98. The van der Waals surface area contributed by atoms with Crippen LogP contribution in [-0.4, -0.2) is 12.5 Å². The molecule has 2 rings (SSSR count). The van der Waals surface area contributed by atoms with Crippen LogP contribution in [0.4, 0.5) is 4.39 Å². The van der Waals surface area contributed by atoms with E-state index in [1.165, 1.54) is 18.2 Å². The second-order valence-electron chi connectivity index (χ2n) is 4.13. The van der Waals surface area contributed by atoms with Crippen molar-refractivity contribution in [2.75, 3.05) is 6.61 Å². The van der Waals surface area contributed by atoms with Crippen molar-refractivity contribution in [2.24, 2.45) is 0 Å². The number of hydrogen-bond donors (Lipinski definition) is 1. The molecule has 0 unspecified atom stereocenters. The van der Waals surface area contributed by atoms with E-state index in [1.807, 2.05) is 30.3 Å². The first-order chi connectivity index (χ1) is 9.65. The summed E-state index contributed by atoms with van der Waals surface area (Å²) in [5, 5.41) is 2.75. The van der Waals surface area contributed by atoms with Crippen molar-refractivity contribution in [3.63, 3.8) is 0 Å². The molecule has 20 heavy (non-hydrogen) atoms. The van der Waals surface area contributed by atoms with E-state index in [9.17, 15) is 9.18 Å². The molecule has 0 aromatic heterocycles. The highest BCUT2D eigenvalue weighted by atomic mass is 79.9. The van der Waals surface area contributed by atoms with Crippen LogP contribution in [0.3, 0.4) is 0 Å². The van der Waals surface area contributed by atoms with Gasteiger partial charge in [-0.1, -0.05) is 30.3 Å². The SMILES string of the molecule is O=C(COc1ccc(F)cc1Br)NCc1ccccc1. The van der Waals surface area contributed by atoms with Crippen LogP contribution in [0.1, 0.15) is 5.56 Å². The number of ether oxygens (including phenoxy) is 1. The van der Waals surface area contributed by atoms with Gasteiger partial charge >= 0.3 is 0 Å². The first-order valence-corrected chi connectivity index (χ1v) is 6.83. The zero-order valence-electron chi connectivity index (χ0n) is 10.6. The lowest BCUT2D eigenvalue weighted by molar-refractivity contribution is -0.123. The van der Waals surface area contributed by atoms with E-state index in [4.69, 9.17) is 4.74 Å². The predicted molar refractivity (Wildman–Crippen MR) is 77.9 cm³/mol. The number of rotatable bonds is 5. The number of carbonyl (C=O) groups excluding carboxylic acids is 1. The summed E-state index contributed by atoms with van der Waals surface area (Å²) in [6.07, 6.45) is 0. The van der Waals surface area contributed by atoms with Crippen LogP contribution in [0.5, 0.6) is 5.75 Å². The van der Waals surface area contributed by atoms with Crippen LogP contribution in [0.25, 0.3) is 0 Å². The summed E-state index contributed by atoms with van der Waals surface area (Å²) < 4.78 is 18.7. The molecule has 2 aromatic rings. The number of hydrogen-bond acceptors (Lipinski definition) is 2. The molecule has 0 bridgehead atoms. The quantitative estimate of drug-likeness (QED) is 0.909. The van der Waals surface area contributed by atoms with Gasteiger partial charge in [-0.25, -0.2) is 4.39 Å². The van der Waals surface area contributed by atoms with Crippen molar-refractivity contribution in [1.82, 2.24) is 5.32 Å². The van der Waals surface area contributed by atoms with Gasteiger partial charge in [-0.2, -0.15) is 0 Å². The Kier molecular flexibility index (Phi) is 5.12. The van der Waals surface area contributed by atoms with Gasteiger partial charge < -0.3 is 10.1 Å². The Bertz CT molecular complexity index is 590. The van der Waals surface area contributed by atoms with Crippen LogP contribution < -0.4 is 10.1 Å². The first kappa shape index (κ1) is 14.5. The van der Waals surface area contributed by atoms with Gasteiger partial charge in [0.05, 0.1) is 4.47 Å². The molecule has 0 atom stereocenters. The smallest absolute Gasteiger partial charge is 0.258 e. The van der Waals surface area contributed by atoms with Crippen molar-refractivity contribution in [3.05, 3.63) is 64.4 Å². The van der Waals surface area contributed by atoms with Gasteiger partial charge in [0.25, 0.3) is 5.91 Å². The zero-order chi connectivity index (χ0) is 14.4. The van der Waals surface area contributed by atoms with E-state index in [0.29, 0.717) is 16.8 Å². The lowest BCUT2D eigenvalue weighted by Crippen LogP contribution is -2.28. The Hall–Kier alpha value is -1.88. The number of halogens is 2. The minimum absolute atomic E-state index is 0.114. The largest absolute Gasteiger partial charge is 0.483 e. The summed E-state index contributed by atoms with van der Waals surface area (Å²) >= 11 is 3.18. The van der Waals surface area contributed by atoms with Crippen molar-refractivity contribution in [2.45, 2.75) is 6.54 Å². The average Bonchev–Trinajstić information content (AvgIpc) is 2.45. The molecule has 3 nitrogen and oxygen atoms in total. The fourth-order valence-electron chi connectivity index (χ4n) is 1.58. The van der Waals surface area contributed by atoms with Crippen molar-refractivity contribution >= 4 is 21.8 Å². The minimum atomic E-state index is -0.363. The van der Waals surface area contributed by atoms with Gasteiger partial charge in [0.15, 0.2) is 6.61 Å². The Labute approximate surface area is 124 Å². The molecule has 0 heterocycles. The summed E-state index contributed by atoms with van der Waals surface area (Å²) in [5.41, 5.74) is 1.02. The summed E-state index contributed by atoms with van der Waals surface area (Å²) in [7, 11) is 0. The van der Waals surface area contributed by atoms with E-state index >= 15 is 0 Å². The molecule has 1 amide bonds. The first-order valence-electron chi connectivity index (χ1n) is 6.03. The number of nitrogens with one attached hydrogen (secondary N) is 1. The maximum atomic E-state index is 12.9. The molecular formula is C15H13BrFNO2. The lowest BCUT2D eigenvalue weighted by atomic mass is 10.2. The van der Waals surface area contributed by atoms with E-state index in [2.05, 4.69) is 21.2 Å². The highest BCUT2D eigenvalue weighted by Gasteiger charge is 2.06. The summed E-state index contributed by atoms with van der Waals surface area (Å²) in [4.78, 5) is 11.6. The van der Waals surface area contributed by atoms with Crippen LogP contribution in [0, 0.1) is 5.82 Å². The molecule has 104 valence electrons. The Balaban J connectivity index is 1.80. The van der Waals surface area contributed by atoms with Crippen LogP contribution in [0.2, 0.25) is 0 Å². The van der Waals surface area contributed by atoms with Gasteiger partial charge in [-0.05, 0) is 39.7 Å². The maximum Gasteiger partial charge on any atom is 0.258 e. The molecule has 0 aliphatic heterocycles. The monoisotopic (exact) mass is 337 g/mol. The number of benzene rings is 2. The standard InChI is InChI=1S/C15H13BrFNO2/c16-13-8-12(17)6-7-14(13)20-10-15(19)18-9-11-4-2-1-3-5-11/h1-8H,9-10H2,(H,18,19). The molecule has 5 heteroatoms. The predicted octanol–water partition coefficient (Wildman–Crippen LogP) is 3.28. The van der Waals surface area contributed by atoms with Gasteiger partial charge in [0.1, 0.15) is 11.6 Å².